The van der Waals surface area contributed by atoms with Crippen LogP contribution < -0.4 is 11.1 Å². The van der Waals surface area contributed by atoms with E-state index in [-0.39, 0.29) is 17.2 Å². The number of hydrogen-bond donors (Lipinski definition) is 2. The number of anilines is 1. The Morgan fingerprint density at radius 1 is 1.39 bits per heavy atom. The fourth-order valence-corrected chi connectivity index (χ4v) is 1.95. The zero-order valence-electron chi connectivity index (χ0n) is 9.11. The normalized spacial score (nSPS) is 10.3. The summed E-state index contributed by atoms with van der Waals surface area (Å²) < 4.78 is 26.6. The van der Waals surface area contributed by atoms with Gasteiger partial charge in [0.05, 0.1) is 6.20 Å². The van der Waals surface area contributed by atoms with Crippen molar-refractivity contribution in [3.63, 3.8) is 0 Å². The Morgan fingerprint density at radius 3 is 2.61 bits per heavy atom. The molecule has 0 unspecified atom stereocenters. The van der Waals surface area contributed by atoms with Crippen LogP contribution in [0.25, 0.3) is 0 Å². The molecule has 94 valence electrons. The van der Waals surface area contributed by atoms with Crippen LogP contribution in [0.1, 0.15) is 15.2 Å². The van der Waals surface area contributed by atoms with Crippen molar-refractivity contribution in [2.45, 2.75) is 6.54 Å². The summed E-state index contributed by atoms with van der Waals surface area (Å²) in [5.41, 5.74) is 5.20. The lowest BCUT2D eigenvalue weighted by Gasteiger charge is -2.05. The number of rotatable bonds is 3. The molecule has 0 aliphatic heterocycles. The van der Waals surface area contributed by atoms with Gasteiger partial charge in [0.2, 0.25) is 0 Å². The van der Waals surface area contributed by atoms with Gasteiger partial charge in [-0.2, -0.15) is 0 Å². The Bertz CT molecular complexity index is 565. The molecule has 3 N–H and O–H groups in total. The monoisotopic (exact) mass is 269 g/mol. The lowest BCUT2D eigenvalue weighted by Crippen LogP contribution is -2.23. The topological polar surface area (TPSA) is 68.0 Å². The highest BCUT2D eigenvalue weighted by Crippen LogP contribution is 2.15. The van der Waals surface area contributed by atoms with Gasteiger partial charge in [-0.3, -0.25) is 4.79 Å². The van der Waals surface area contributed by atoms with Crippen LogP contribution in [0.5, 0.6) is 0 Å². The Morgan fingerprint density at radius 2 is 2.06 bits per heavy atom. The molecule has 0 saturated heterocycles. The zero-order valence-corrected chi connectivity index (χ0v) is 9.93. The molecular formula is C11H9F2N3OS. The number of nitrogens with zero attached hydrogens (tertiary/aromatic N) is 1. The van der Waals surface area contributed by atoms with E-state index in [1.807, 2.05) is 0 Å². The van der Waals surface area contributed by atoms with E-state index >= 15 is 0 Å². The predicted octanol–water partition coefficient (Wildman–Crippen LogP) is 1.93. The van der Waals surface area contributed by atoms with Crippen molar-refractivity contribution in [2.24, 2.45) is 0 Å². The van der Waals surface area contributed by atoms with Crippen LogP contribution >= 0.6 is 11.3 Å². The molecule has 2 aromatic rings. The van der Waals surface area contributed by atoms with Gasteiger partial charge in [0.25, 0.3) is 5.91 Å². The molecule has 4 nitrogen and oxygen atoms in total. The predicted molar refractivity (Wildman–Crippen MR) is 64.1 cm³/mol. The van der Waals surface area contributed by atoms with Crippen LogP contribution in [0.2, 0.25) is 0 Å². The number of halogens is 2. The van der Waals surface area contributed by atoms with Crippen molar-refractivity contribution in [2.75, 3.05) is 5.73 Å². The number of hydrogen-bond acceptors (Lipinski definition) is 4. The summed E-state index contributed by atoms with van der Waals surface area (Å²) in [5.74, 6) is -1.86. The van der Waals surface area contributed by atoms with E-state index in [0.29, 0.717) is 4.88 Å². The van der Waals surface area contributed by atoms with Crippen molar-refractivity contribution >= 4 is 22.4 Å². The van der Waals surface area contributed by atoms with E-state index in [9.17, 15) is 13.6 Å². The molecule has 1 aromatic heterocycles. The largest absolute Gasteiger partial charge is 0.375 e. The molecule has 0 radical (unpaired) electrons. The third kappa shape index (κ3) is 2.62. The lowest BCUT2D eigenvalue weighted by atomic mass is 10.2. The molecule has 18 heavy (non-hydrogen) atoms. The molecule has 0 aliphatic carbocycles. The van der Waals surface area contributed by atoms with Gasteiger partial charge in [-0.15, -0.1) is 0 Å². The Hall–Kier alpha value is -2.02. The minimum absolute atomic E-state index is 0.177. The van der Waals surface area contributed by atoms with Crippen molar-refractivity contribution in [3.05, 3.63) is 46.5 Å². The Balaban J connectivity index is 2.06. The highest BCUT2D eigenvalue weighted by Gasteiger charge is 2.12. The third-order valence-electron chi connectivity index (χ3n) is 2.23. The van der Waals surface area contributed by atoms with E-state index in [1.165, 1.54) is 12.3 Å². The summed E-state index contributed by atoms with van der Waals surface area (Å²) in [5, 5.41) is 2.67. The molecule has 0 spiro atoms. The second-order valence-corrected chi connectivity index (χ2v) is 4.51. The van der Waals surface area contributed by atoms with Crippen LogP contribution in [-0.4, -0.2) is 10.9 Å². The van der Waals surface area contributed by atoms with Crippen LogP contribution in [-0.2, 0) is 6.54 Å². The van der Waals surface area contributed by atoms with Gasteiger partial charge in [-0.25, -0.2) is 13.8 Å². The maximum Gasteiger partial charge on any atom is 0.263 e. The first kappa shape index (κ1) is 12.4. The fraction of sp³-hybridized carbons (Fsp3) is 0.0909. The first-order valence-electron chi connectivity index (χ1n) is 5.00. The second kappa shape index (κ2) is 5.09. The Labute approximate surface area is 105 Å². The number of nitrogen functional groups attached to an aromatic ring is 1. The van der Waals surface area contributed by atoms with Gasteiger partial charge in [0, 0.05) is 12.1 Å². The van der Waals surface area contributed by atoms with Crippen molar-refractivity contribution in [1.29, 1.82) is 0 Å². The number of carbonyl (C=O) groups is 1. The highest BCUT2D eigenvalue weighted by molar-refractivity contribution is 7.17. The van der Waals surface area contributed by atoms with Gasteiger partial charge in [0.1, 0.15) is 16.5 Å². The zero-order chi connectivity index (χ0) is 13.1. The summed E-state index contributed by atoms with van der Waals surface area (Å²) in [6.07, 6.45) is 1.31. The van der Waals surface area contributed by atoms with Crippen LogP contribution in [0.4, 0.5) is 13.9 Å². The van der Waals surface area contributed by atoms with Crippen LogP contribution in [0.15, 0.2) is 24.4 Å². The van der Waals surface area contributed by atoms with E-state index in [1.54, 1.807) is 0 Å². The number of amides is 1. The lowest BCUT2D eigenvalue weighted by molar-refractivity contribution is 0.0954. The number of carbonyl (C=O) groups excluding carboxylic acids is 1. The SMILES string of the molecule is Nc1ncc(C(=O)NCc2c(F)cccc2F)s1. The number of thiazole rings is 1. The van der Waals surface area contributed by atoms with Crippen LogP contribution in [0, 0.1) is 11.6 Å². The molecule has 2 rings (SSSR count). The molecule has 0 bridgehead atoms. The summed E-state index contributed by atoms with van der Waals surface area (Å²) in [7, 11) is 0. The molecule has 1 aromatic carbocycles. The van der Waals surface area contributed by atoms with Crippen molar-refractivity contribution in [1.82, 2.24) is 10.3 Å². The maximum atomic E-state index is 13.3. The average Bonchev–Trinajstić information content (AvgIpc) is 2.75. The van der Waals surface area contributed by atoms with E-state index in [0.717, 1.165) is 23.5 Å². The number of nitrogens with one attached hydrogen (secondary N) is 1. The summed E-state index contributed by atoms with van der Waals surface area (Å²) in [4.78, 5) is 15.6. The van der Waals surface area contributed by atoms with Gasteiger partial charge in [0.15, 0.2) is 5.13 Å². The maximum absolute atomic E-state index is 13.3. The smallest absolute Gasteiger partial charge is 0.263 e. The summed E-state index contributed by atoms with van der Waals surface area (Å²) in [6.45, 7) is -0.227. The standard InChI is InChI=1S/C11H9F2N3OS/c12-7-2-1-3-8(13)6(7)4-15-10(17)9-5-16-11(14)18-9/h1-3,5H,4H2,(H2,14,16)(H,15,17). The number of aromatic nitrogens is 1. The fourth-order valence-electron chi connectivity index (χ4n) is 1.35. The van der Waals surface area contributed by atoms with Gasteiger partial charge in [-0.1, -0.05) is 17.4 Å². The van der Waals surface area contributed by atoms with Crippen molar-refractivity contribution < 1.29 is 13.6 Å². The van der Waals surface area contributed by atoms with Gasteiger partial charge < -0.3 is 11.1 Å². The molecular weight excluding hydrogens is 260 g/mol. The molecule has 0 fully saturated rings. The highest BCUT2D eigenvalue weighted by atomic mass is 32.1. The van der Waals surface area contributed by atoms with Gasteiger partial charge >= 0.3 is 0 Å². The minimum Gasteiger partial charge on any atom is -0.375 e. The first-order chi connectivity index (χ1) is 8.58. The van der Waals surface area contributed by atoms with Crippen molar-refractivity contribution in [3.8, 4) is 0 Å². The molecule has 7 heteroatoms. The second-order valence-electron chi connectivity index (χ2n) is 3.45. The average molecular weight is 269 g/mol. The first-order valence-corrected chi connectivity index (χ1v) is 5.82. The van der Waals surface area contributed by atoms with E-state index in [2.05, 4.69) is 10.3 Å². The number of benzene rings is 1. The summed E-state index contributed by atoms with van der Waals surface area (Å²) in [6, 6.07) is 3.53. The number of nitrogens with two attached hydrogens (primary N) is 1. The van der Waals surface area contributed by atoms with Crippen LogP contribution in [0.3, 0.4) is 0 Å². The van der Waals surface area contributed by atoms with E-state index < -0.39 is 17.5 Å². The Kier molecular flexibility index (Phi) is 3.52. The molecule has 1 amide bonds. The minimum atomic E-state index is -0.695. The quantitative estimate of drug-likeness (QED) is 0.894. The molecule has 0 atom stereocenters. The van der Waals surface area contributed by atoms with Gasteiger partial charge in [-0.05, 0) is 12.1 Å². The molecule has 0 saturated carbocycles. The molecule has 1 heterocycles. The molecule has 0 aliphatic rings. The third-order valence-corrected chi connectivity index (χ3v) is 3.06. The summed E-state index contributed by atoms with van der Waals surface area (Å²) >= 11 is 1.01. The van der Waals surface area contributed by atoms with E-state index in [4.69, 9.17) is 5.73 Å².